The van der Waals surface area contributed by atoms with Gasteiger partial charge in [-0.25, -0.2) is 0 Å². The van der Waals surface area contributed by atoms with E-state index in [1.165, 1.54) is 19.2 Å². The summed E-state index contributed by atoms with van der Waals surface area (Å²) in [5, 5.41) is 13.7. The van der Waals surface area contributed by atoms with Crippen molar-refractivity contribution in [2.45, 2.75) is 25.4 Å². The maximum Gasteiger partial charge on any atom is 0.269 e. The Bertz CT molecular complexity index is 558. The minimum atomic E-state index is -0.457. The van der Waals surface area contributed by atoms with E-state index in [0.717, 1.165) is 10.5 Å². The Labute approximate surface area is 115 Å². The van der Waals surface area contributed by atoms with Gasteiger partial charge in [0.15, 0.2) is 0 Å². The average Bonchev–Trinajstić information content (AvgIpc) is 2.44. The van der Waals surface area contributed by atoms with Gasteiger partial charge < -0.3 is 5.32 Å². The lowest BCUT2D eigenvalue weighted by Crippen LogP contribution is -2.51. The number of amides is 2. The van der Waals surface area contributed by atoms with Gasteiger partial charge in [-0.2, -0.15) is 0 Å². The molecule has 2 amide bonds. The van der Waals surface area contributed by atoms with E-state index >= 15 is 0 Å². The van der Waals surface area contributed by atoms with Crippen molar-refractivity contribution >= 4 is 17.5 Å². The number of likely N-dealkylation sites (N-methyl/N-ethyl adjacent to an activating group) is 1. The molecule has 7 nitrogen and oxygen atoms in total. The van der Waals surface area contributed by atoms with Crippen LogP contribution in [0, 0.1) is 10.1 Å². The number of carbonyl (C=O) groups excluding carboxylic acids is 2. The Hall–Kier alpha value is -2.28. The third-order valence-electron chi connectivity index (χ3n) is 3.32. The van der Waals surface area contributed by atoms with Crippen LogP contribution >= 0.6 is 0 Å². The molecule has 1 fully saturated rings. The Morgan fingerprint density at radius 1 is 1.45 bits per heavy atom. The number of rotatable bonds is 4. The third kappa shape index (κ3) is 3.00. The van der Waals surface area contributed by atoms with E-state index < -0.39 is 11.0 Å². The number of hydrogen-bond acceptors (Lipinski definition) is 5. The lowest BCUT2D eigenvalue weighted by molar-refractivity contribution is -0.384. The predicted octanol–water partition coefficient (Wildman–Crippen LogP) is 0.832. The van der Waals surface area contributed by atoms with Crippen molar-refractivity contribution in [3.63, 3.8) is 0 Å². The molecule has 1 N–H and O–H groups in total. The van der Waals surface area contributed by atoms with Crippen molar-refractivity contribution < 1.29 is 14.5 Å². The summed E-state index contributed by atoms with van der Waals surface area (Å²) in [6.07, 6.45) is 0.784. The molecule has 1 aliphatic heterocycles. The number of non-ortho nitro benzene ring substituents is 1. The second-order valence-corrected chi connectivity index (χ2v) is 4.69. The van der Waals surface area contributed by atoms with Gasteiger partial charge in [0.25, 0.3) is 5.69 Å². The van der Waals surface area contributed by atoms with E-state index in [0.29, 0.717) is 19.4 Å². The van der Waals surface area contributed by atoms with Crippen LogP contribution in [0.1, 0.15) is 18.4 Å². The van der Waals surface area contributed by atoms with Gasteiger partial charge in [0, 0.05) is 32.1 Å². The molecule has 1 aromatic carbocycles. The number of nitrogens with one attached hydrogen (secondary N) is 1. The molecule has 1 saturated heterocycles. The minimum absolute atomic E-state index is 0.0200. The molecule has 0 bridgehead atoms. The summed E-state index contributed by atoms with van der Waals surface area (Å²) in [7, 11) is 1.46. The van der Waals surface area contributed by atoms with Gasteiger partial charge in [0.05, 0.1) is 11.0 Å². The zero-order chi connectivity index (χ0) is 14.7. The van der Waals surface area contributed by atoms with Crippen LogP contribution in [0.4, 0.5) is 5.69 Å². The Morgan fingerprint density at radius 3 is 2.90 bits per heavy atom. The second kappa shape index (κ2) is 5.79. The fourth-order valence-corrected chi connectivity index (χ4v) is 2.13. The Morgan fingerprint density at radius 2 is 2.20 bits per heavy atom. The van der Waals surface area contributed by atoms with Crippen molar-refractivity contribution in [2.75, 3.05) is 7.05 Å². The van der Waals surface area contributed by atoms with E-state index in [2.05, 4.69) is 5.32 Å². The molecule has 20 heavy (non-hydrogen) atoms. The van der Waals surface area contributed by atoms with Gasteiger partial charge in [0.1, 0.15) is 0 Å². The molecule has 0 aliphatic carbocycles. The van der Waals surface area contributed by atoms with Crippen molar-refractivity contribution in [1.82, 2.24) is 10.2 Å². The number of likely N-dealkylation sites (tertiary alicyclic amines) is 1. The van der Waals surface area contributed by atoms with E-state index in [4.69, 9.17) is 0 Å². The molecule has 106 valence electrons. The Balaban J connectivity index is 1.98. The number of nitrogens with zero attached hydrogens (tertiary/aromatic N) is 2. The first-order valence-electron chi connectivity index (χ1n) is 6.26. The molecule has 2 rings (SSSR count). The topological polar surface area (TPSA) is 92.6 Å². The van der Waals surface area contributed by atoms with Crippen LogP contribution in [0.2, 0.25) is 0 Å². The van der Waals surface area contributed by atoms with Crippen molar-refractivity contribution in [3.8, 4) is 0 Å². The second-order valence-electron chi connectivity index (χ2n) is 4.69. The largest absolute Gasteiger partial charge is 0.302 e. The minimum Gasteiger partial charge on any atom is -0.302 e. The van der Waals surface area contributed by atoms with Crippen LogP contribution < -0.4 is 5.32 Å². The Kier molecular flexibility index (Phi) is 4.09. The van der Waals surface area contributed by atoms with Crippen molar-refractivity contribution in [2.24, 2.45) is 0 Å². The van der Waals surface area contributed by atoms with E-state index in [1.807, 2.05) is 0 Å². The summed E-state index contributed by atoms with van der Waals surface area (Å²) in [6, 6.07) is 5.82. The number of nitro groups is 1. The molecule has 1 atom stereocenters. The molecular formula is C13H15N3O4. The summed E-state index contributed by atoms with van der Waals surface area (Å²) in [4.78, 5) is 34.6. The summed E-state index contributed by atoms with van der Waals surface area (Å²) in [5.41, 5.74) is 0.748. The van der Waals surface area contributed by atoms with Crippen LogP contribution in [0.15, 0.2) is 24.3 Å². The molecule has 0 saturated carbocycles. The summed E-state index contributed by atoms with van der Waals surface area (Å²) < 4.78 is 0. The molecular weight excluding hydrogens is 262 g/mol. The number of piperidine rings is 1. The number of carbonyl (C=O) groups is 2. The number of nitro benzene ring substituents is 1. The van der Waals surface area contributed by atoms with Gasteiger partial charge in [-0.05, 0) is 12.0 Å². The normalized spacial score (nSPS) is 19.2. The maximum atomic E-state index is 11.9. The van der Waals surface area contributed by atoms with Crippen molar-refractivity contribution in [1.29, 1.82) is 0 Å². The zero-order valence-electron chi connectivity index (χ0n) is 11.0. The summed E-state index contributed by atoms with van der Waals surface area (Å²) in [5.74, 6) is -0.435. The molecule has 0 aromatic heterocycles. The number of imide groups is 1. The number of hydrogen-bond donors (Lipinski definition) is 1. The summed E-state index contributed by atoms with van der Waals surface area (Å²) in [6.45, 7) is 0.347. The third-order valence-corrected chi connectivity index (χ3v) is 3.32. The van der Waals surface area contributed by atoms with Gasteiger partial charge >= 0.3 is 0 Å². The molecule has 0 spiro atoms. The highest BCUT2D eigenvalue weighted by molar-refractivity contribution is 6.00. The quantitative estimate of drug-likeness (QED) is 0.500. The maximum absolute atomic E-state index is 11.9. The fraction of sp³-hybridized carbons (Fsp3) is 0.385. The monoisotopic (exact) mass is 277 g/mol. The summed E-state index contributed by atoms with van der Waals surface area (Å²) >= 11 is 0. The van der Waals surface area contributed by atoms with E-state index in [9.17, 15) is 19.7 Å². The van der Waals surface area contributed by atoms with Gasteiger partial charge in [0.2, 0.25) is 11.8 Å². The van der Waals surface area contributed by atoms with Crippen LogP contribution in [-0.2, 0) is 16.1 Å². The van der Waals surface area contributed by atoms with E-state index in [-0.39, 0.29) is 17.5 Å². The van der Waals surface area contributed by atoms with Crippen LogP contribution in [-0.4, -0.2) is 34.7 Å². The fourth-order valence-electron chi connectivity index (χ4n) is 2.13. The first kappa shape index (κ1) is 14.1. The van der Waals surface area contributed by atoms with Gasteiger partial charge in [-0.3, -0.25) is 24.6 Å². The van der Waals surface area contributed by atoms with Gasteiger partial charge in [-0.15, -0.1) is 0 Å². The zero-order valence-corrected chi connectivity index (χ0v) is 11.0. The van der Waals surface area contributed by atoms with Crippen LogP contribution in [0.3, 0.4) is 0 Å². The first-order chi connectivity index (χ1) is 9.49. The molecule has 7 heteroatoms. The molecule has 1 aliphatic rings. The smallest absolute Gasteiger partial charge is 0.269 e. The molecule has 1 unspecified atom stereocenters. The van der Waals surface area contributed by atoms with Crippen molar-refractivity contribution in [3.05, 3.63) is 39.9 Å². The highest BCUT2D eigenvalue weighted by Crippen LogP contribution is 2.15. The van der Waals surface area contributed by atoms with E-state index in [1.54, 1.807) is 12.1 Å². The lowest BCUT2D eigenvalue weighted by atomic mass is 10.0. The van der Waals surface area contributed by atoms with Crippen LogP contribution in [0.25, 0.3) is 0 Å². The highest BCUT2D eigenvalue weighted by Gasteiger charge is 2.31. The highest BCUT2D eigenvalue weighted by atomic mass is 16.6. The predicted molar refractivity (Wildman–Crippen MR) is 70.7 cm³/mol. The van der Waals surface area contributed by atoms with Gasteiger partial charge in [-0.1, -0.05) is 12.1 Å². The standard InChI is InChI=1S/C13H15N3O4/c1-15-12(17)6-5-11(13(15)18)14-8-9-3-2-4-10(7-9)16(19)20/h2-4,7,11,14H,5-6,8H2,1H3. The molecule has 1 aromatic rings. The van der Waals surface area contributed by atoms with Crippen LogP contribution in [0.5, 0.6) is 0 Å². The first-order valence-corrected chi connectivity index (χ1v) is 6.26. The number of benzene rings is 1. The lowest BCUT2D eigenvalue weighted by Gasteiger charge is -2.28. The SMILES string of the molecule is CN1C(=O)CCC(NCc2cccc([N+](=O)[O-])c2)C1=O. The molecule has 0 radical (unpaired) electrons. The molecule has 1 heterocycles. The average molecular weight is 277 g/mol.